The minimum atomic E-state index is -0.526. The van der Waals surface area contributed by atoms with E-state index in [0.29, 0.717) is 19.6 Å². The van der Waals surface area contributed by atoms with Gasteiger partial charge in [0, 0.05) is 24.7 Å². The third kappa shape index (κ3) is 2.85. The minimum absolute atomic E-state index is 0.0950. The van der Waals surface area contributed by atoms with E-state index in [-0.39, 0.29) is 28.3 Å². The highest BCUT2D eigenvalue weighted by Gasteiger charge is 2.35. The minimum Gasteiger partial charge on any atom is -0.338 e. The maximum atomic E-state index is 12.7. The van der Waals surface area contributed by atoms with Gasteiger partial charge in [-0.25, -0.2) is 9.67 Å². The third-order valence-corrected chi connectivity index (χ3v) is 4.42. The summed E-state index contributed by atoms with van der Waals surface area (Å²) in [4.78, 5) is 29.0. The lowest BCUT2D eigenvalue weighted by Crippen LogP contribution is -2.34. The van der Waals surface area contributed by atoms with Crippen molar-refractivity contribution >= 4 is 11.6 Å². The number of nitrogens with two attached hydrogens (primary N) is 1. The van der Waals surface area contributed by atoms with Crippen molar-refractivity contribution in [3.63, 3.8) is 0 Å². The van der Waals surface area contributed by atoms with Crippen molar-refractivity contribution in [2.45, 2.75) is 13.3 Å². The molecule has 24 heavy (non-hydrogen) atoms. The van der Waals surface area contributed by atoms with Crippen LogP contribution in [0.15, 0.2) is 30.9 Å². The summed E-state index contributed by atoms with van der Waals surface area (Å²) >= 11 is 0. The van der Waals surface area contributed by atoms with Crippen LogP contribution >= 0.6 is 0 Å². The highest BCUT2D eigenvalue weighted by molar-refractivity contribution is 5.95. The molecular weight excluding hydrogens is 312 g/mol. The standard InChI is InChI=1S/C15H18N6O3/c1-15(7-16)4-5-19(8-15)14(22)11-2-3-12(13(6-11)21(23)24)20-10-17-9-18-20/h2-3,6,9-10H,4-5,7-8,16H2,1H3. The first-order chi connectivity index (χ1) is 11.4. The number of benzene rings is 1. The van der Waals surface area contributed by atoms with E-state index < -0.39 is 4.92 Å². The van der Waals surface area contributed by atoms with E-state index in [0.717, 1.165) is 6.42 Å². The van der Waals surface area contributed by atoms with Crippen molar-refractivity contribution in [2.75, 3.05) is 19.6 Å². The van der Waals surface area contributed by atoms with E-state index in [9.17, 15) is 14.9 Å². The van der Waals surface area contributed by atoms with E-state index >= 15 is 0 Å². The zero-order chi connectivity index (χ0) is 17.3. The molecule has 1 amide bonds. The van der Waals surface area contributed by atoms with Gasteiger partial charge in [0.15, 0.2) is 0 Å². The Balaban J connectivity index is 1.91. The van der Waals surface area contributed by atoms with Gasteiger partial charge in [0.2, 0.25) is 0 Å². The number of rotatable bonds is 4. The van der Waals surface area contributed by atoms with E-state index in [4.69, 9.17) is 5.73 Å². The summed E-state index contributed by atoms with van der Waals surface area (Å²) in [6.07, 6.45) is 3.49. The average molecular weight is 330 g/mol. The number of nitro groups is 1. The Morgan fingerprint density at radius 2 is 2.29 bits per heavy atom. The van der Waals surface area contributed by atoms with Crippen LogP contribution < -0.4 is 5.73 Å². The number of nitro benzene ring substituents is 1. The number of hydrogen-bond donors (Lipinski definition) is 1. The summed E-state index contributed by atoms with van der Waals surface area (Å²) in [5.74, 6) is -0.222. The molecule has 3 rings (SSSR count). The quantitative estimate of drug-likeness (QED) is 0.659. The number of amides is 1. The van der Waals surface area contributed by atoms with Crippen molar-refractivity contribution in [1.29, 1.82) is 0 Å². The highest BCUT2D eigenvalue weighted by Crippen LogP contribution is 2.30. The van der Waals surface area contributed by atoms with Crippen LogP contribution in [0.1, 0.15) is 23.7 Å². The molecule has 0 bridgehead atoms. The Morgan fingerprint density at radius 1 is 1.50 bits per heavy atom. The van der Waals surface area contributed by atoms with Crippen LogP contribution in [0, 0.1) is 15.5 Å². The van der Waals surface area contributed by atoms with E-state index in [2.05, 4.69) is 10.1 Å². The van der Waals surface area contributed by atoms with Crippen molar-refractivity contribution in [3.8, 4) is 5.69 Å². The van der Waals surface area contributed by atoms with Gasteiger partial charge >= 0.3 is 0 Å². The van der Waals surface area contributed by atoms with Crippen molar-refractivity contribution in [2.24, 2.45) is 11.1 Å². The third-order valence-electron chi connectivity index (χ3n) is 4.42. The molecule has 126 valence electrons. The van der Waals surface area contributed by atoms with Crippen molar-refractivity contribution < 1.29 is 9.72 Å². The topological polar surface area (TPSA) is 120 Å². The first-order valence-electron chi connectivity index (χ1n) is 7.56. The van der Waals surface area contributed by atoms with Gasteiger partial charge in [0.1, 0.15) is 18.3 Å². The molecule has 0 aliphatic carbocycles. The number of hydrogen-bond acceptors (Lipinski definition) is 6. The van der Waals surface area contributed by atoms with E-state index in [1.807, 2.05) is 6.92 Å². The predicted molar refractivity (Wildman–Crippen MR) is 85.7 cm³/mol. The molecule has 1 unspecified atom stereocenters. The summed E-state index contributed by atoms with van der Waals surface area (Å²) < 4.78 is 1.30. The van der Waals surface area contributed by atoms with Crippen LogP contribution in [0.5, 0.6) is 0 Å². The van der Waals surface area contributed by atoms with E-state index in [1.54, 1.807) is 11.0 Å². The average Bonchev–Trinajstić information content (AvgIpc) is 3.24. The number of nitrogens with zero attached hydrogens (tertiary/aromatic N) is 5. The van der Waals surface area contributed by atoms with Gasteiger partial charge in [-0.1, -0.05) is 6.92 Å². The maximum absolute atomic E-state index is 12.7. The largest absolute Gasteiger partial charge is 0.338 e. The van der Waals surface area contributed by atoms with Crippen LogP contribution in [-0.4, -0.2) is 50.1 Å². The van der Waals surface area contributed by atoms with Crippen LogP contribution in [0.2, 0.25) is 0 Å². The summed E-state index contributed by atoms with van der Waals surface area (Å²) in [5, 5.41) is 15.3. The Bertz CT molecular complexity index is 776. The lowest BCUT2D eigenvalue weighted by atomic mass is 9.90. The second-order valence-electron chi connectivity index (χ2n) is 6.29. The normalized spacial score (nSPS) is 20.3. The molecule has 2 N–H and O–H groups in total. The number of aromatic nitrogens is 3. The van der Waals surface area contributed by atoms with E-state index in [1.165, 1.54) is 29.5 Å². The molecule has 0 spiro atoms. The SMILES string of the molecule is CC1(CN)CCN(C(=O)c2ccc(-n3cncn3)c([N+](=O)[O-])c2)C1. The first kappa shape index (κ1) is 16.1. The first-order valence-corrected chi connectivity index (χ1v) is 7.56. The van der Waals surface area contributed by atoms with Gasteiger partial charge < -0.3 is 10.6 Å². The lowest BCUT2D eigenvalue weighted by molar-refractivity contribution is -0.384. The van der Waals surface area contributed by atoms with Gasteiger partial charge in [-0.2, -0.15) is 5.10 Å². The monoisotopic (exact) mass is 330 g/mol. The fraction of sp³-hybridized carbons (Fsp3) is 0.400. The summed E-state index contributed by atoms with van der Waals surface area (Å²) in [5.41, 5.74) is 6.03. The van der Waals surface area contributed by atoms with Gasteiger partial charge in [-0.3, -0.25) is 14.9 Å². The molecule has 1 fully saturated rings. The summed E-state index contributed by atoms with van der Waals surface area (Å²) in [6.45, 7) is 3.70. The van der Waals surface area contributed by atoms with Gasteiger partial charge in [-0.05, 0) is 30.5 Å². The van der Waals surface area contributed by atoms with Gasteiger partial charge in [0.05, 0.1) is 4.92 Å². The van der Waals surface area contributed by atoms with Crippen molar-refractivity contribution in [3.05, 3.63) is 46.5 Å². The van der Waals surface area contributed by atoms with Crippen LogP contribution in [0.25, 0.3) is 5.69 Å². The number of carbonyl (C=O) groups is 1. The molecule has 1 aliphatic heterocycles. The molecule has 1 aliphatic rings. The summed E-state index contributed by atoms with van der Waals surface area (Å²) in [7, 11) is 0. The Morgan fingerprint density at radius 3 is 2.88 bits per heavy atom. The molecule has 9 heteroatoms. The second kappa shape index (κ2) is 6.00. The molecular formula is C15H18N6O3. The second-order valence-corrected chi connectivity index (χ2v) is 6.29. The lowest BCUT2D eigenvalue weighted by Gasteiger charge is -2.22. The smallest absolute Gasteiger partial charge is 0.295 e. The van der Waals surface area contributed by atoms with Crippen LogP contribution in [-0.2, 0) is 0 Å². The van der Waals surface area contributed by atoms with Crippen LogP contribution in [0.4, 0.5) is 5.69 Å². The number of carbonyl (C=O) groups excluding carboxylic acids is 1. The molecule has 1 saturated heterocycles. The fourth-order valence-corrected chi connectivity index (χ4v) is 2.88. The molecule has 0 radical (unpaired) electrons. The predicted octanol–water partition coefficient (Wildman–Crippen LogP) is 0.986. The molecule has 1 atom stereocenters. The zero-order valence-corrected chi connectivity index (χ0v) is 13.3. The molecule has 2 heterocycles. The fourth-order valence-electron chi connectivity index (χ4n) is 2.88. The Kier molecular flexibility index (Phi) is 4.02. The molecule has 9 nitrogen and oxygen atoms in total. The van der Waals surface area contributed by atoms with Crippen LogP contribution in [0.3, 0.4) is 0 Å². The highest BCUT2D eigenvalue weighted by atomic mass is 16.6. The molecule has 1 aromatic heterocycles. The Labute approximate surface area is 138 Å². The Hall–Kier alpha value is -2.81. The van der Waals surface area contributed by atoms with Gasteiger partial charge in [0.25, 0.3) is 11.6 Å². The maximum Gasteiger partial charge on any atom is 0.295 e. The van der Waals surface area contributed by atoms with Crippen molar-refractivity contribution in [1.82, 2.24) is 19.7 Å². The molecule has 2 aromatic rings. The summed E-state index contributed by atoms with van der Waals surface area (Å²) in [6, 6.07) is 4.38. The zero-order valence-electron chi connectivity index (χ0n) is 13.3. The molecule has 1 aromatic carbocycles. The molecule has 0 saturated carbocycles. The number of likely N-dealkylation sites (tertiary alicyclic amines) is 1. The van der Waals surface area contributed by atoms with Gasteiger partial charge in [-0.15, -0.1) is 0 Å².